The van der Waals surface area contributed by atoms with E-state index >= 15 is 0 Å². The molecule has 3 heterocycles. The second-order valence-electron chi connectivity index (χ2n) is 7.63. The van der Waals surface area contributed by atoms with Crippen molar-refractivity contribution in [3.8, 4) is 5.75 Å². The van der Waals surface area contributed by atoms with Crippen LogP contribution in [-0.4, -0.2) is 50.3 Å². The minimum atomic E-state index is -0.0105. The molecule has 1 aliphatic carbocycles. The highest BCUT2D eigenvalue weighted by Gasteiger charge is 2.35. The molecule has 4 aliphatic rings. The Morgan fingerprint density at radius 3 is 2.97 bits per heavy atom. The van der Waals surface area contributed by atoms with Crippen LogP contribution in [0.1, 0.15) is 12.0 Å². The van der Waals surface area contributed by atoms with E-state index in [2.05, 4.69) is 27.7 Å². The van der Waals surface area contributed by atoms with Crippen molar-refractivity contribution in [2.75, 3.05) is 44.8 Å². The number of benzene rings is 1. The second kappa shape index (κ2) is 7.89. The van der Waals surface area contributed by atoms with Crippen molar-refractivity contribution in [1.29, 1.82) is 0 Å². The van der Waals surface area contributed by atoms with E-state index in [-0.39, 0.29) is 11.8 Å². The van der Waals surface area contributed by atoms with Crippen LogP contribution in [-0.2, 0) is 9.53 Å². The predicted molar refractivity (Wildman–Crippen MR) is 112 cm³/mol. The Balaban J connectivity index is 1.27. The summed E-state index contributed by atoms with van der Waals surface area (Å²) in [5, 5.41) is 6.43. The van der Waals surface area contributed by atoms with Gasteiger partial charge in [0.15, 0.2) is 0 Å². The topological polar surface area (TPSA) is 62.8 Å². The third-order valence-electron chi connectivity index (χ3n) is 5.80. The quantitative estimate of drug-likeness (QED) is 0.773. The van der Waals surface area contributed by atoms with Gasteiger partial charge < -0.3 is 20.1 Å². The molecule has 2 N–H and O–H groups in total. The van der Waals surface area contributed by atoms with Gasteiger partial charge in [0.1, 0.15) is 12.4 Å². The number of amides is 1. The van der Waals surface area contributed by atoms with Gasteiger partial charge in [-0.05, 0) is 36.8 Å². The fourth-order valence-electron chi connectivity index (χ4n) is 4.21. The van der Waals surface area contributed by atoms with Crippen LogP contribution in [0.15, 0.2) is 59.5 Å². The van der Waals surface area contributed by atoms with Crippen LogP contribution in [0.2, 0.25) is 0 Å². The number of carbonyl (C=O) groups is 1. The molecule has 3 aliphatic heterocycles. The highest BCUT2D eigenvalue weighted by molar-refractivity contribution is 6.01. The summed E-state index contributed by atoms with van der Waals surface area (Å²) >= 11 is 0. The first kappa shape index (κ1) is 18.2. The van der Waals surface area contributed by atoms with Crippen LogP contribution in [0, 0.1) is 5.92 Å². The van der Waals surface area contributed by atoms with Crippen LogP contribution in [0.25, 0.3) is 6.08 Å². The highest BCUT2D eigenvalue weighted by Crippen LogP contribution is 2.37. The molecule has 0 saturated carbocycles. The first-order valence-corrected chi connectivity index (χ1v) is 10.2. The summed E-state index contributed by atoms with van der Waals surface area (Å²) in [6, 6.07) is 6.05. The molecule has 5 rings (SSSR count). The van der Waals surface area contributed by atoms with Crippen LogP contribution in [0.3, 0.4) is 0 Å². The maximum absolute atomic E-state index is 12.5. The highest BCUT2D eigenvalue weighted by atomic mass is 16.5. The van der Waals surface area contributed by atoms with Crippen LogP contribution in [0.4, 0.5) is 5.69 Å². The molecule has 2 saturated heterocycles. The maximum atomic E-state index is 12.5. The summed E-state index contributed by atoms with van der Waals surface area (Å²) in [5.41, 5.74) is 4.74. The predicted octanol–water partition coefficient (Wildman–Crippen LogP) is 2.68. The van der Waals surface area contributed by atoms with E-state index in [0.29, 0.717) is 6.61 Å². The zero-order chi connectivity index (χ0) is 19.6. The normalized spacial score (nSPS) is 25.7. The van der Waals surface area contributed by atoms with Gasteiger partial charge in [0.25, 0.3) is 5.91 Å². The van der Waals surface area contributed by atoms with Crippen molar-refractivity contribution in [3.63, 3.8) is 0 Å². The van der Waals surface area contributed by atoms with Gasteiger partial charge in [-0.15, -0.1) is 0 Å². The number of hydrogen-bond donors (Lipinski definition) is 2. The van der Waals surface area contributed by atoms with Crippen molar-refractivity contribution in [1.82, 2.24) is 10.2 Å². The number of nitrogens with zero attached hydrogens (tertiary/aromatic N) is 1. The monoisotopic (exact) mass is 391 g/mol. The maximum Gasteiger partial charge on any atom is 0.254 e. The lowest BCUT2D eigenvalue weighted by Crippen LogP contribution is -2.38. The van der Waals surface area contributed by atoms with E-state index in [0.717, 1.165) is 73.2 Å². The number of rotatable bonds is 4. The van der Waals surface area contributed by atoms with Gasteiger partial charge in [0.05, 0.1) is 13.2 Å². The van der Waals surface area contributed by atoms with Gasteiger partial charge in [0.2, 0.25) is 0 Å². The Morgan fingerprint density at radius 2 is 2.07 bits per heavy atom. The van der Waals surface area contributed by atoms with Crippen LogP contribution < -0.4 is 15.4 Å². The summed E-state index contributed by atoms with van der Waals surface area (Å²) < 4.78 is 11.3. The first-order chi connectivity index (χ1) is 14.3. The molecule has 0 spiro atoms. The molecule has 6 heteroatoms. The summed E-state index contributed by atoms with van der Waals surface area (Å²) in [4.78, 5) is 14.9. The van der Waals surface area contributed by atoms with Gasteiger partial charge in [-0.25, -0.2) is 0 Å². The van der Waals surface area contributed by atoms with Crippen molar-refractivity contribution < 1.29 is 14.3 Å². The Labute approximate surface area is 170 Å². The number of hydrogen-bond acceptors (Lipinski definition) is 5. The summed E-state index contributed by atoms with van der Waals surface area (Å²) in [6.07, 6.45) is 11.0. The molecular formula is C23H25N3O3. The van der Waals surface area contributed by atoms with Gasteiger partial charge in [-0.1, -0.05) is 18.2 Å². The molecule has 0 radical (unpaired) electrons. The van der Waals surface area contributed by atoms with Crippen LogP contribution in [0.5, 0.6) is 5.75 Å². The largest absolute Gasteiger partial charge is 0.492 e. The average molecular weight is 391 g/mol. The van der Waals surface area contributed by atoms with E-state index in [4.69, 9.17) is 9.47 Å². The molecule has 0 aromatic heterocycles. The Kier molecular flexibility index (Phi) is 4.96. The van der Waals surface area contributed by atoms with Crippen molar-refractivity contribution in [2.45, 2.75) is 6.42 Å². The van der Waals surface area contributed by atoms with E-state index in [9.17, 15) is 4.79 Å². The average Bonchev–Trinajstić information content (AvgIpc) is 3.10. The van der Waals surface area contributed by atoms with E-state index in [1.807, 2.05) is 36.4 Å². The Morgan fingerprint density at radius 1 is 1.17 bits per heavy atom. The molecule has 1 atom stereocenters. The minimum Gasteiger partial charge on any atom is -0.492 e. The fourth-order valence-corrected chi connectivity index (χ4v) is 4.21. The smallest absolute Gasteiger partial charge is 0.254 e. The molecule has 1 unspecified atom stereocenters. The number of anilines is 1. The lowest BCUT2D eigenvalue weighted by atomic mass is 9.90. The van der Waals surface area contributed by atoms with E-state index in [1.54, 1.807) is 0 Å². The minimum absolute atomic E-state index is 0.0105. The molecule has 1 amide bonds. The number of fused-ring (bicyclic) bond motifs is 2. The van der Waals surface area contributed by atoms with Crippen molar-refractivity contribution in [2.24, 2.45) is 5.92 Å². The third kappa shape index (κ3) is 3.73. The number of carbonyl (C=O) groups excluding carboxylic acids is 1. The standard InChI is InChI=1S/C23H25N3O3/c27-23-22(18-3-1-2-4-20(18)25-23)21-7-5-16-15-17(6-8-19(16)24-21)29-14-11-26-9-12-28-13-10-26/h1-2,4-8,15,18,24H,3,9-14H2,(H,25,27). The van der Waals surface area contributed by atoms with Gasteiger partial charge >= 0.3 is 0 Å². The number of allylic oxidation sites excluding steroid dienone is 5. The summed E-state index contributed by atoms with van der Waals surface area (Å²) in [6.45, 7) is 5.12. The molecule has 0 bridgehead atoms. The van der Waals surface area contributed by atoms with Gasteiger partial charge in [-0.2, -0.15) is 0 Å². The van der Waals surface area contributed by atoms with Gasteiger partial charge in [-0.3, -0.25) is 9.69 Å². The number of ether oxygens (including phenoxy) is 2. The summed E-state index contributed by atoms with van der Waals surface area (Å²) in [5.74, 6) is 0.966. The van der Waals surface area contributed by atoms with Crippen LogP contribution >= 0.6 is 0 Å². The van der Waals surface area contributed by atoms with Crippen molar-refractivity contribution >= 4 is 17.7 Å². The number of morpholine rings is 1. The SMILES string of the molecule is O=C1NC2=CC=CCC2C1=C1C=Cc2cc(OCCN3CCOCC3)ccc2N1. The van der Waals surface area contributed by atoms with Gasteiger partial charge in [0, 0.05) is 53.8 Å². The van der Waals surface area contributed by atoms with Crippen molar-refractivity contribution in [3.05, 3.63) is 65.0 Å². The molecular weight excluding hydrogens is 366 g/mol. The first-order valence-electron chi connectivity index (χ1n) is 10.2. The Bertz CT molecular complexity index is 939. The second-order valence-corrected chi connectivity index (χ2v) is 7.63. The zero-order valence-corrected chi connectivity index (χ0v) is 16.3. The van der Waals surface area contributed by atoms with E-state index < -0.39 is 0 Å². The van der Waals surface area contributed by atoms with E-state index in [1.165, 1.54) is 0 Å². The fraction of sp³-hybridized carbons (Fsp3) is 0.348. The Hall–Kier alpha value is -2.83. The molecule has 1 aromatic rings. The molecule has 29 heavy (non-hydrogen) atoms. The lowest BCUT2D eigenvalue weighted by molar-refractivity contribution is -0.116. The number of nitrogens with one attached hydrogen (secondary N) is 2. The third-order valence-corrected chi connectivity index (χ3v) is 5.80. The summed E-state index contributed by atoms with van der Waals surface area (Å²) in [7, 11) is 0. The molecule has 6 nitrogen and oxygen atoms in total. The molecule has 1 aromatic carbocycles. The zero-order valence-electron chi connectivity index (χ0n) is 16.3. The molecule has 2 fully saturated rings. The molecule has 150 valence electrons. The lowest BCUT2D eigenvalue weighted by Gasteiger charge is -2.26.